The van der Waals surface area contributed by atoms with Crippen molar-refractivity contribution in [2.24, 2.45) is 0 Å². The van der Waals surface area contributed by atoms with Crippen molar-refractivity contribution >= 4 is 6.09 Å². The van der Waals surface area contributed by atoms with E-state index in [0.717, 1.165) is 11.3 Å². The van der Waals surface area contributed by atoms with Gasteiger partial charge in [0.1, 0.15) is 11.9 Å². The van der Waals surface area contributed by atoms with Crippen molar-refractivity contribution in [2.45, 2.75) is 25.4 Å². The molecule has 0 saturated carbocycles. The van der Waals surface area contributed by atoms with E-state index in [1.165, 1.54) is 4.90 Å². The Bertz CT molecular complexity index is 470. The van der Waals surface area contributed by atoms with Gasteiger partial charge in [0.2, 0.25) is 0 Å². The van der Waals surface area contributed by atoms with Crippen LogP contribution in [0.1, 0.15) is 18.4 Å². The maximum absolute atomic E-state index is 10.8. The molecule has 0 unspecified atom stereocenters. The first-order chi connectivity index (χ1) is 9.19. The van der Waals surface area contributed by atoms with Crippen LogP contribution in [0.15, 0.2) is 24.3 Å². The van der Waals surface area contributed by atoms with E-state index in [1.54, 1.807) is 0 Å². The Labute approximate surface area is 112 Å². The average Bonchev–Trinajstić information content (AvgIpc) is 2.42. The Balaban J connectivity index is 1.85. The lowest BCUT2D eigenvalue weighted by Gasteiger charge is -2.30. The van der Waals surface area contributed by atoms with Crippen LogP contribution in [0.2, 0.25) is 0 Å². The summed E-state index contributed by atoms with van der Waals surface area (Å²) in [4.78, 5) is 12.2. The van der Waals surface area contributed by atoms with Crippen LogP contribution in [0.3, 0.4) is 0 Å². The molecule has 0 aromatic heterocycles. The second-order valence-electron chi connectivity index (χ2n) is 4.57. The monoisotopic (exact) mass is 260 g/mol. The van der Waals surface area contributed by atoms with Crippen LogP contribution < -0.4 is 4.74 Å². The number of nitrogens with zero attached hydrogens (tertiary/aromatic N) is 2. The van der Waals surface area contributed by atoms with Gasteiger partial charge >= 0.3 is 6.09 Å². The molecule has 5 heteroatoms. The number of benzene rings is 1. The maximum atomic E-state index is 10.8. The van der Waals surface area contributed by atoms with Gasteiger partial charge in [-0.3, -0.25) is 0 Å². The van der Waals surface area contributed by atoms with Crippen molar-refractivity contribution in [3.63, 3.8) is 0 Å². The Hall–Kier alpha value is -2.22. The standard InChI is InChI=1S/C14H16N2O3/c15-8-5-11-1-3-12(4-2-11)19-13-6-9-16(10-7-13)14(17)18/h1-4,13H,5-7,9-10H2,(H,17,18). The molecule has 0 atom stereocenters. The van der Waals surface area contributed by atoms with Gasteiger partial charge in [0, 0.05) is 25.9 Å². The van der Waals surface area contributed by atoms with Gasteiger partial charge in [-0.2, -0.15) is 5.26 Å². The SMILES string of the molecule is N#CCc1ccc(OC2CCN(C(=O)O)CC2)cc1. The first-order valence-electron chi connectivity index (χ1n) is 6.29. The van der Waals surface area contributed by atoms with E-state index in [4.69, 9.17) is 15.1 Å². The molecule has 1 aromatic carbocycles. The third-order valence-electron chi connectivity index (χ3n) is 3.22. The van der Waals surface area contributed by atoms with E-state index >= 15 is 0 Å². The zero-order chi connectivity index (χ0) is 13.7. The third-order valence-corrected chi connectivity index (χ3v) is 3.22. The van der Waals surface area contributed by atoms with Crippen LogP contribution >= 0.6 is 0 Å². The molecule has 0 spiro atoms. The normalized spacial score (nSPS) is 15.8. The molecule has 1 aliphatic heterocycles. The molecule has 1 aliphatic rings. The highest BCUT2D eigenvalue weighted by Crippen LogP contribution is 2.19. The minimum atomic E-state index is -0.862. The summed E-state index contributed by atoms with van der Waals surface area (Å²) in [7, 11) is 0. The summed E-state index contributed by atoms with van der Waals surface area (Å²) < 4.78 is 5.81. The van der Waals surface area contributed by atoms with Gasteiger partial charge in [-0.05, 0) is 17.7 Å². The van der Waals surface area contributed by atoms with Gasteiger partial charge < -0.3 is 14.7 Å². The van der Waals surface area contributed by atoms with E-state index in [1.807, 2.05) is 24.3 Å². The quantitative estimate of drug-likeness (QED) is 0.904. The van der Waals surface area contributed by atoms with Crippen molar-refractivity contribution in [2.75, 3.05) is 13.1 Å². The fourth-order valence-electron chi connectivity index (χ4n) is 2.13. The summed E-state index contributed by atoms with van der Waals surface area (Å²) in [5.74, 6) is 0.774. The van der Waals surface area contributed by atoms with Crippen LogP contribution in [-0.2, 0) is 6.42 Å². The molecule has 0 radical (unpaired) electrons. The van der Waals surface area contributed by atoms with Crippen molar-refractivity contribution in [3.8, 4) is 11.8 Å². The Morgan fingerprint density at radius 2 is 2.00 bits per heavy atom. The molecule has 5 nitrogen and oxygen atoms in total. The van der Waals surface area contributed by atoms with Crippen LogP contribution in [0, 0.1) is 11.3 Å². The van der Waals surface area contributed by atoms with Gasteiger partial charge in [0.25, 0.3) is 0 Å². The minimum absolute atomic E-state index is 0.0671. The van der Waals surface area contributed by atoms with Gasteiger partial charge in [0.05, 0.1) is 12.5 Å². The van der Waals surface area contributed by atoms with E-state index in [-0.39, 0.29) is 6.10 Å². The van der Waals surface area contributed by atoms with E-state index in [9.17, 15) is 4.79 Å². The van der Waals surface area contributed by atoms with Crippen molar-refractivity contribution < 1.29 is 14.6 Å². The highest BCUT2D eigenvalue weighted by molar-refractivity contribution is 5.65. The molecule has 0 aliphatic carbocycles. The fourth-order valence-corrected chi connectivity index (χ4v) is 2.13. The summed E-state index contributed by atoms with van der Waals surface area (Å²) >= 11 is 0. The Kier molecular flexibility index (Phi) is 4.24. The lowest BCUT2D eigenvalue weighted by atomic mass is 10.1. The number of hydrogen-bond acceptors (Lipinski definition) is 3. The van der Waals surface area contributed by atoms with Crippen LogP contribution in [0.4, 0.5) is 4.79 Å². The predicted octanol–water partition coefficient (Wildman–Crippen LogP) is 2.27. The second kappa shape index (κ2) is 6.10. The van der Waals surface area contributed by atoms with E-state index < -0.39 is 6.09 Å². The number of piperidine rings is 1. The largest absolute Gasteiger partial charge is 0.490 e. The number of rotatable bonds is 3. The Morgan fingerprint density at radius 3 is 2.53 bits per heavy atom. The number of carboxylic acid groups (broad SMARTS) is 1. The number of ether oxygens (including phenoxy) is 1. The average molecular weight is 260 g/mol. The molecule has 1 N–H and O–H groups in total. The highest BCUT2D eigenvalue weighted by atomic mass is 16.5. The summed E-state index contributed by atoms with van der Waals surface area (Å²) in [5, 5.41) is 17.4. The molecule has 2 rings (SSSR count). The molecule has 0 bridgehead atoms. The molecule has 19 heavy (non-hydrogen) atoms. The summed E-state index contributed by atoms with van der Waals surface area (Å²) in [5.41, 5.74) is 0.968. The summed E-state index contributed by atoms with van der Waals surface area (Å²) in [6, 6.07) is 9.57. The molecule has 1 amide bonds. The third kappa shape index (κ3) is 3.62. The zero-order valence-electron chi connectivity index (χ0n) is 10.6. The molecule has 100 valence electrons. The zero-order valence-corrected chi connectivity index (χ0v) is 10.6. The topological polar surface area (TPSA) is 73.6 Å². The maximum Gasteiger partial charge on any atom is 0.407 e. The molecule has 1 aromatic rings. The first kappa shape index (κ1) is 13.2. The lowest BCUT2D eigenvalue weighted by Crippen LogP contribution is -2.41. The van der Waals surface area contributed by atoms with Crippen LogP contribution in [0.5, 0.6) is 5.75 Å². The van der Waals surface area contributed by atoms with Gasteiger partial charge in [0.15, 0.2) is 0 Å². The van der Waals surface area contributed by atoms with Gasteiger partial charge in [-0.1, -0.05) is 12.1 Å². The molecule has 1 fully saturated rings. The fraction of sp³-hybridized carbons (Fsp3) is 0.429. The first-order valence-corrected chi connectivity index (χ1v) is 6.29. The molecular weight excluding hydrogens is 244 g/mol. The van der Waals surface area contributed by atoms with Crippen LogP contribution in [-0.4, -0.2) is 35.3 Å². The molecule has 1 heterocycles. The number of amides is 1. The van der Waals surface area contributed by atoms with Crippen molar-refractivity contribution in [1.82, 2.24) is 4.90 Å². The van der Waals surface area contributed by atoms with Crippen molar-refractivity contribution in [1.29, 1.82) is 5.26 Å². The van der Waals surface area contributed by atoms with E-state index in [2.05, 4.69) is 6.07 Å². The number of hydrogen-bond donors (Lipinski definition) is 1. The summed E-state index contributed by atoms with van der Waals surface area (Å²) in [6.07, 6.45) is 1.03. The Morgan fingerprint density at radius 1 is 1.37 bits per heavy atom. The minimum Gasteiger partial charge on any atom is -0.490 e. The van der Waals surface area contributed by atoms with E-state index in [0.29, 0.717) is 32.4 Å². The molecular formula is C14H16N2O3. The molecule has 1 saturated heterocycles. The smallest absolute Gasteiger partial charge is 0.407 e. The van der Waals surface area contributed by atoms with Crippen molar-refractivity contribution in [3.05, 3.63) is 29.8 Å². The highest BCUT2D eigenvalue weighted by Gasteiger charge is 2.23. The number of likely N-dealkylation sites (tertiary alicyclic amines) is 1. The van der Waals surface area contributed by atoms with Gasteiger partial charge in [-0.25, -0.2) is 4.79 Å². The predicted molar refractivity (Wildman–Crippen MR) is 69.0 cm³/mol. The van der Waals surface area contributed by atoms with Gasteiger partial charge in [-0.15, -0.1) is 0 Å². The lowest BCUT2D eigenvalue weighted by molar-refractivity contribution is 0.0894. The second-order valence-corrected chi connectivity index (χ2v) is 4.57. The number of nitriles is 1. The number of carbonyl (C=O) groups is 1. The summed E-state index contributed by atoms with van der Waals surface area (Å²) in [6.45, 7) is 1.04. The van der Waals surface area contributed by atoms with Crippen LogP contribution in [0.25, 0.3) is 0 Å².